The topological polar surface area (TPSA) is 95.9 Å². The summed E-state index contributed by atoms with van der Waals surface area (Å²) in [5.41, 5.74) is 1.37. The van der Waals surface area contributed by atoms with Gasteiger partial charge in [0.1, 0.15) is 11.0 Å². The van der Waals surface area contributed by atoms with Crippen LogP contribution >= 0.6 is 11.3 Å². The van der Waals surface area contributed by atoms with E-state index in [0.29, 0.717) is 42.2 Å². The van der Waals surface area contributed by atoms with Crippen LogP contribution in [0, 0.1) is 29.1 Å². The van der Waals surface area contributed by atoms with Crippen LogP contribution in [0.15, 0.2) is 18.2 Å². The molecule has 1 aromatic rings. The summed E-state index contributed by atoms with van der Waals surface area (Å²) >= 11 is 1.14. The van der Waals surface area contributed by atoms with Gasteiger partial charge in [-0.15, -0.1) is 11.3 Å². The molecule has 0 aromatic carbocycles. The molecule has 3 saturated carbocycles. The Hall–Kier alpha value is -2.79. The summed E-state index contributed by atoms with van der Waals surface area (Å²) in [6.07, 6.45) is 8.40. The minimum Gasteiger partial charge on any atom is -0.477 e. The lowest BCUT2D eigenvalue weighted by Gasteiger charge is -2.39. The molecule has 0 saturated heterocycles. The Morgan fingerprint density at radius 3 is 2.33 bits per heavy atom. The second-order valence-corrected chi connectivity index (χ2v) is 14.0. The van der Waals surface area contributed by atoms with Crippen LogP contribution in [0.5, 0.6) is 0 Å². The van der Waals surface area contributed by atoms with E-state index >= 15 is 0 Å². The molecule has 40 heavy (non-hydrogen) atoms. The molecular weight excluding hydrogens is 524 g/mol. The average molecular weight is 569 g/mol. The molecule has 1 atom stereocenters. The molecule has 3 aliphatic rings. The van der Waals surface area contributed by atoms with E-state index in [-0.39, 0.29) is 46.4 Å². The largest absolute Gasteiger partial charge is 0.477 e. The number of nitrogens with zero attached hydrogens (tertiary/aromatic N) is 1. The number of hydrogen-bond acceptors (Lipinski definition) is 5. The first kappa shape index (κ1) is 30.2. The number of thiophene rings is 1. The van der Waals surface area contributed by atoms with Gasteiger partial charge in [0.15, 0.2) is 0 Å². The van der Waals surface area contributed by atoms with Crippen LogP contribution in [0.25, 0.3) is 0 Å². The zero-order valence-corrected chi connectivity index (χ0v) is 25.2. The van der Waals surface area contributed by atoms with Crippen LogP contribution in [-0.4, -0.2) is 41.3 Å². The molecule has 1 heterocycles. The second-order valence-electron chi connectivity index (χ2n) is 13.0. The summed E-state index contributed by atoms with van der Waals surface area (Å²) in [5, 5.41) is 13.1. The van der Waals surface area contributed by atoms with Gasteiger partial charge in [-0.25, -0.2) is 9.59 Å². The first-order valence-corrected chi connectivity index (χ1v) is 15.6. The van der Waals surface area contributed by atoms with Crippen molar-refractivity contribution in [3.63, 3.8) is 0 Å². The summed E-state index contributed by atoms with van der Waals surface area (Å²) in [4.78, 5) is 41.6. The lowest BCUT2D eigenvalue weighted by molar-refractivity contribution is -0.124. The minimum atomic E-state index is -1.04. The number of anilines is 1. The fourth-order valence-electron chi connectivity index (χ4n) is 6.05. The van der Waals surface area contributed by atoms with E-state index < -0.39 is 5.97 Å². The number of carbonyl (C=O) groups is 3. The van der Waals surface area contributed by atoms with Crippen molar-refractivity contribution in [1.29, 1.82) is 0 Å². The summed E-state index contributed by atoms with van der Waals surface area (Å²) in [6.45, 7) is 12.2. The highest BCUT2D eigenvalue weighted by molar-refractivity contribution is 7.15. The summed E-state index contributed by atoms with van der Waals surface area (Å²) in [5.74, 6) is 5.83. The third kappa shape index (κ3) is 7.90. The Balaban J connectivity index is 1.52. The zero-order chi connectivity index (χ0) is 29.0. The molecule has 0 unspecified atom stereocenters. The molecule has 3 fully saturated rings. The standard InChI is InChI=1S/C32H44N2O5S/c1-20-6-9-22(10-7-20)29(35)34(27-19-26(16-17-32(3,4)5)40-28(27)30(36)37)24-13-11-23(12-14-24)33-31(38)39-25-15-8-21(2)18-25/h19-20,22-25H,2,6-15,18H2,1,3-5H3,(H,33,38)(H,36,37)/t20?,22?,23?,24?,25-/m0/s1. The van der Waals surface area contributed by atoms with Crippen molar-refractivity contribution < 1.29 is 24.2 Å². The predicted molar refractivity (Wildman–Crippen MR) is 159 cm³/mol. The van der Waals surface area contributed by atoms with Gasteiger partial charge in [-0.05, 0) is 97.0 Å². The molecule has 2 N–H and O–H groups in total. The summed E-state index contributed by atoms with van der Waals surface area (Å²) in [7, 11) is 0. The van der Waals surface area contributed by atoms with Crippen LogP contribution in [0.2, 0.25) is 0 Å². The van der Waals surface area contributed by atoms with Crippen molar-refractivity contribution in [1.82, 2.24) is 5.32 Å². The van der Waals surface area contributed by atoms with Gasteiger partial charge in [0, 0.05) is 29.8 Å². The predicted octanol–water partition coefficient (Wildman–Crippen LogP) is 7.15. The lowest BCUT2D eigenvalue weighted by atomic mass is 9.81. The molecule has 4 rings (SSSR count). The Morgan fingerprint density at radius 2 is 1.75 bits per heavy atom. The van der Waals surface area contributed by atoms with E-state index in [1.807, 2.05) is 20.8 Å². The van der Waals surface area contributed by atoms with Gasteiger partial charge >= 0.3 is 12.1 Å². The molecule has 0 radical (unpaired) electrons. The van der Waals surface area contributed by atoms with E-state index in [0.717, 1.165) is 61.9 Å². The van der Waals surface area contributed by atoms with Gasteiger partial charge in [0.05, 0.1) is 10.6 Å². The molecule has 3 aliphatic carbocycles. The lowest BCUT2D eigenvalue weighted by Crippen LogP contribution is -2.49. The van der Waals surface area contributed by atoms with Crippen molar-refractivity contribution >= 4 is 35.0 Å². The Labute approximate surface area is 242 Å². The Kier molecular flexibility index (Phi) is 9.66. The molecular formula is C32H44N2O5S. The number of ether oxygens (including phenoxy) is 1. The number of rotatable bonds is 6. The smallest absolute Gasteiger partial charge is 0.407 e. The van der Waals surface area contributed by atoms with Crippen LogP contribution < -0.4 is 10.2 Å². The summed E-state index contributed by atoms with van der Waals surface area (Å²) < 4.78 is 5.59. The number of carboxylic acid groups (broad SMARTS) is 1. The first-order valence-electron chi connectivity index (χ1n) is 14.8. The second kappa shape index (κ2) is 12.8. The Morgan fingerprint density at radius 1 is 1.07 bits per heavy atom. The monoisotopic (exact) mass is 568 g/mol. The molecule has 0 bridgehead atoms. The summed E-state index contributed by atoms with van der Waals surface area (Å²) in [6, 6.07) is 1.64. The maximum absolute atomic E-state index is 14.1. The van der Waals surface area contributed by atoms with Crippen molar-refractivity contribution in [3.8, 4) is 11.8 Å². The van der Waals surface area contributed by atoms with Crippen LogP contribution in [0.3, 0.4) is 0 Å². The molecule has 1 aromatic heterocycles. The number of hydrogen-bond donors (Lipinski definition) is 2. The Bertz CT molecular complexity index is 1170. The van der Waals surface area contributed by atoms with E-state index in [9.17, 15) is 19.5 Å². The van der Waals surface area contributed by atoms with Crippen LogP contribution in [0.1, 0.15) is 113 Å². The van der Waals surface area contributed by atoms with Gasteiger partial charge in [-0.3, -0.25) is 4.79 Å². The molecule has 7 nitrogen and oxygen atoms in total. The first-order chi connectivity index (χ1) is 18.9. The normalized spacial score (nSPS) is 26.9. The quantitative estimate of drug-likeness (QED) is 0.281. The fraction of sp³-hybridized carbons (Fsp3) is 0.656. The third-order valence-corrected chi connectivity index (χ3v) is 9.35. The van der Waals surface area contributed by atoms with E-state index in [2.05, 4.69) is 30.7 Å². The van der Waals surface area contributed by atoms with E-state index in [4.69, 9.17) is 4.74 Å². The number of aromatic carboxylic acids is 1. The van der Waals surface area contributed by atoms with Gasteiger partial charge in [-0.1, -0.05) is 30.9 Å². The van der Waals surface area contributed by atoms with Crippen molar-refractivity contribution in [2.24, 2.45) is 17.3 Å². The zero-order valence-electron chi connectivity index (χ0n) is 24.4. The van der Waals surface area contributed by atoms with E-state index in [1.54, 1.807) is 11.0 Å². The average Bonchev–Trinajstić information content (AvgIpc) is 3.50. The number of carbonyl (C=O) groups excluding carboxylic acids is 2. The van der Waals surface area contributed by atoms with Gasteiger partial charge in [0.25, 0.3) is 0 Å². The van der Waals surface area contributed by atoms with Gasteiger partial charge in [-0.2, -0.15) is 0 Å². The number of amides is 2. The fourth-order valence-corrected chi connectivity index (χ4v) is 6.89. The van der Waals surface area contributed by atoms with Gasteiger partial charge < -0.3 is 20.1 Å². The number of nitrogens with one attached hydrogen (secondary N) is 1. The van der Waals surface area contributed by atoms with Gasteiger partial charge in [0.2, 0.25) is 5.91 Å². The molecule has 0 aliphatic heterocycles. The highest BCUT2D eigenvalue weighted by Gasteiger charge is 2.38. The van der Waals surface area contributed by atoms with Crippen molar-refractivity contribution in [2.75, 3.05) is 4.90 Å². The van der Waals surface area contributed by atoms with Crippen LogP contribution in [-0.2, 0) is 9.53 Å². The molecule has 218 valence electrons. The van der Waals surface area contributed by atoms with Crippen molar-refractivity contribution in [2.45, 2.75) is 117 Å². The number of alkyl carbamates (subject to hydrolysis) is 1. The van der Waals surface area contributed by atoms with Crippen LogP contribution in [0.4, 0.5) is 10.5 Å². The minimum absolute atomic E-state index is 0.0276. The maximum Gasteiger partial charge on any atom is 0.407 e. The number of carboxylic acids is 1. The maximum atomic E-state index is 14.1. The third-order valence-electron chi connectivity index (χ3n) is 8.32. The molecule has 2 amide bonds. The SMILES string of the molecule is C=C1CC[C@H](OC(=O)NC2CCC(N(C(=O)C3CCC(C)CC3)c3cc(C#CC(C)(C)C)sc3C(=O)O)CC2)C1. The highest BCUT2D eigenvalue weighted by atomic mass is 32.1. The molecule has 8 heteroatoms. The van der Waals surface area contributed by atoms with E-state index in [1.165, 1.54) is 0 Å². The van der Waals surface area contributed by atoms with Crippen molar-refractivity contribution in [3.05, 3.63) is 28.0 Å². The highest BCUT2D eigenvalue weighted by Crippen LogP contribution is 2.39. The molecule has 0 spiro atoms.